The molecule has 0 aliphatic carbocycles. The van der Waals surface area contributed by atoms with E-state index in [0.717, 1.165) is 11.1 Å². The molecule has 0 bridgehead atoms. The molecule has 0 saturated heterocycles. The number of hydrogen-bond donors (Lipinski definition) is 0. The molecule has 0 saturated carbocycles. The maximum atomic E-state index is 11.5. The van der Waals surface area contributed by atoms with Crippen molar-refractivity contribution in [2.45, 2.75) is 0 Å². The van der Waals surface area contributed by atoms with Gasteiger partial charge in [-0.15, -0.1) is 0 Å². The summed E-state index contributed by atoms with van der Waals surface area (Å²) < 4.78 is 4.47. The standard InChI is InChI=1S/C14H10O3.C8H8/c1-3-9-6-5-7-11(10(9)4-2)12-8-13(15)17-14(12)16;1-2-8-6-4-3-5-7-8/h3-8H,1-2H2;2-7H,1H2. The zero-order valence-electron chi connectivity index (χ0n) is 13.8. The minimum absolute atomic E-state index is 0.258. The van der Waals surface area contributed by atoms with Crippen LogP contribution in [0.15, 0.2) is 74.3 Å². The van der Waals surface area contributed by atoms with Crippen molar-refractivity contribution in [3.05, 3.63) is 96.6 Å². The van der Waals surface area contributed by atoms with Crippen LogP contribution in [-0.2, 0) is 14.3 Å². The quantitative estimate of drug-likeness (QED) is 0.599. The Kier molecular flexibility index (Phi) is 6.02. The third-order valence-corrected chi connectivity index (χ3v) is 3.56. The Morgan fingerprint density at radius 2 is 1.52 bits per heavy atom. The maximum Gasteiger partial charge on any atom is 0.346 e. The average Bonchev–Trinajstić information content (AvgIpc) is 3.00. The van der Waals surface area contributed by atoms with Crippen LogP contribution < -0.4 is 0 Å². The Balaban J connectivity index is 0.000000236. The lowest BCUT2D eigenvalue weighted by Gasteiger charge is -2.08. The Labute approximate surface area is 147 Å². The zero-order valence-corrected chi connectivity index (χ0v) is 13.8. The van der Waals surface area contributed by atoms with E-state index in [9.17, 15) is 9.59 Å². The van der Waals surface area contributed by atoms with Crippen LogP contribution in [0.5, 0.6) is 0 Å². The molecule has 3 rings (SSSR count). The molecule has 0 spiro atoms. The second kappa shape index (κ2) is 8.41. The molecule has 2 aromatic rings. The van der Waals surface area contributed by atoms with Crippen LogP contribution >= 0.6 is 0 Å². The highest BCUT2D eigenvalue weighted by Crippen LogP contribution is 2.28. The Hall–Kier alpha value is -3.46. The molecule has 3 nitrogen and oxygen atoms in total. The first-order valence-electron chi connectivity index (χ1n) is 7.64. The van der Waals surface area contributed by atoms with E-state index in [2.05, 4.69) is 24.5 Å². The molecule has 0 aromatic heterocycles. The largest absolute Gasteiger partial charge is 0.386 e. The molecule has 0 N–H and O–H groups in total. The van der Waals surface area contributed by atoms with Crippen molar-refractivity contribution < 1.29 is 14.3 Å². The molecule has 0 radical (unpaired) electrons. The topological polar surface area (TPSA) is 43.4 Å². The first-order valence-corrected chi connectivity index (χ1v) is 7.64. The van der Waals surface area contributed by atoms with E-state index in [1.807, 2.05) is 42.5 Å². The Morgan fingerprint density at radius 3 is 2.00 bits per heavy atom. The fourth-order valence-electron chi connectivity index (χ4n) is 2.35. The summed E-state index contributed by atoms with van der Waals surface area (Å²) in [6.07, 6.45) is 6.32. The van der Waals surface area contributed by atoms with Gasteiger partial charge in [0.15, 0.2) is 0 Å². The van der Waals surface area contributed by atoms with E-state index in [4.69, 9.17) is 0 Å². The van der Waals surface area contributed by atoms with Gasteiger partial charge in [0.2, 0.25) is 0 Å². The van der Waals surface area contributed by atoms with Gasteiger partial charge in [0, 0.05) is 6.08 Å². The summed E-state index contributed by atoms with van der Waals surface area (Å²) in [6, 6.07) is 15.4. The third kappa shape index (κ3) is 4.30. The molecule has 1 aliphatic rings. The van der Waals surface area contributed by atoms with Crippen molar-refractivity contribution in [1.29, 1.82) is 0 Å². The van der Waals surface area contributed by atoms with E-state index in [1.54, 1.807) is 24.3 Å². The number of hydrogen-bond acceptors (Lipinski definition) is 3. The van der Waals surface area contributed by atoms with Gasteiger partial charge in [0.05, 0.1) is 5.57 Å². The highest BCUT2D eigenvalue weighted by molar-refractivity contribution is 6.28. The molecule has 0 atom stereocenters. The number of cyclic esters (lactones) is 2. The van der Waals surface area contributed by atoms with Gasteiger partial charge in [-0.2, -0.15) is 0 Å². The minimum atomic E-state index is -0.635. The summed E-state index contributed by atoms with van der Waals surface area (Å²) in [7, 11) is 0. The fraction of sp³-hybridized carbons (Fsp3) is 0. The first kappa shape index (κ1) is 17.9. The van der Waals surface area contributed by atoms with E-state index in [-0.39, 0.29) is 5.57 Å². The number of rotatable bonds is 4. The molecular weight excluding hydrogens is 312 g/mol. The molecule has 3 heteroatoms. The lowest BCUT2D eigenvalue weighted by Crippen LogP contribution is -2.02. The summed E-state index contributed by atoms with van der Waals surface area (Å²) >= 11 is 0. The number of carbonyl (C=O) groups is 2. The van der Waals surface area contributed by atoms with Gasteiger partial charge in [-0.05, 0) is 22.3 Å². The Bertz CT molecular complexity index is 858. The van der Waals surface area contributed by atoms with Gasteiger partial charge in [0.25, 0.3) is 0 Å². The molecule has 2 aromatic carbocycles. The monoisotopic (exact) mass is 330 g/mol. The van der Waals surface area contributed by atoms with Gasteiger partial charge in [-0.1, -0.05) is 86.5 Å². The van der Waals surface area contributed by atoms with Gasteiger partial charge in [-0.3, -0.25) is 0 Å². The number of esters is 2. The molecule has 1 heterocycles. The smallest absolute Gasteiger partial charge is 0.346 e. The highest BCUT2D eigenvalue weighted by atomic mass is 16.6. The summed E-state index contributed by atoms with van der Waals surface area (Å²) in [5.41, 5.74) is 3.68. The lowest BCUT2D eigenvalue weighted by molar-refractivity contribution is -0.149. The van der Waals surface area contributed by atoms with Crippen molar-refractivity contribution in [2.24, 2.45) is 0 Å². The number of carbonyl (C=O) groups excluding carboxylic acids is 2. The molecule has 124 valence electrons. The van der Waals surface area contributed by atoms with E-state index < -0.39 is 11.9 Å². The van der Waals surface area contributed by atoms with Crippen molar-refractivity contribution in [2.75, 3.05) is 0 Å². The predicted octanol–water partition coefficient (Wildman–Crippen LogP) is 4.77. The molecular formula is C22H18O3. The first-order chi connectivity index (χ1) is 12.1. The summed E-state index contributed by atoms with van der Waals surface area (Å²) in [5, 5.41) is 0. The Morgan fingerprint density at radius 1 is 0.800 bits per heavy atom. The molecule has 0 unspecified atom stereocenters. The van der Waals surface area contributed by atoms with E-state index in [1.165, 1.54) is 11.6 Å². The average molecular weight is 330 g/mol. The van der Waals surface area contributed by atoms with Crippen LogP contribution in [0.1, 0.15) is 22.3 Å². The summed E-state index contributed by atoms with van der Waals surface area (Å²) in [5.74, 6) is -1.26. The zero-order chi connectivity index (χ0) is 18.2. The maximum absolute atomic E-state index is 11.5. The van der Waals surface area contributed by atoms with Crippen LogP contribution in [0.2, 0.25) is 0 Å². The van der Waals surface area contributed by atoms with E-state index in [0.29, 0.717) is 5.56 Å². The van der Waals surface area contributed by atoms with Gasteiger partial charge in [0.1, 0.15) is 0 Å². The van der Waals surface area contributed by atoms with Crippen molar-refractivity contribution >= 4 is 35.7 Å². The van der Waals surface area contributed by atoms with Crippen LogP contribution in [0.3, 0.4) is 0 Å². The van der Waals surface area contributed by atoms with E-state index >= 15 is 0 Å². The third-order valence-electron chi connectivity index (χ3n) is 3.56. The molecule has 25 heavy (non-hydrogen) atoms. The lowest BCUT2D eigenvalue weighted by atomic mass is 9.95. The van der Waals surface area contributed by atoms with Crippen LogP contribution in [0, 0.1) is 0 Å². The van der Waals surface area contributed by atoms with Crippen LogP contribution in [0.25, 0.3) is 23.8 Å². The number of benzene rings is 2. The summed E-state index contributed by atoms with van der Waals surface area (Å²) in [6.45, 7) is 11.0. The van der Waals surface area contributed by atoms with Crippen molar-refractivity contribution in [1.82, 2.24) is 0 Å². The number of ether oxygens (including phenoxy) is 1. The molecule has 0 fully saturated rings. The normalized spacial score (nSPS) is 12.4. The molecule has 1 aliphatic heterocycles. The SMILES string of the molecule is C=Cc1cccc(C2=CC(=O)OC2=O)c1C=C.C=Cc1ccccc1. The second-order valence-electron chi connectivity index (χ2n) is 5.10. The van der Waals surface area contributed by atoms with Gasteiger partial charge >= 0.3 is 11.9 Å². The molecule has 0 amide bonds. The second-order valence-corrected chi connectivity index (χ2v) is 5.10. The fourth-order valence-corrected chi connectivity index (χ4v) is 2.35. The van der Waals surface area contributed by atoms with Gasteiger partial charge in [-0.25, -0.2) is 9.59 Å². The highest BCUT2D eigenvalue weighted by Gasteiger charge is 2.26. The summed E-state index contributed by atoms with van der Waals surface area (Å²) in [4.78, 5) is 22.5. The van der Waals surface area contributed by atoms with Gasteiger partial charge < -0.3 is 4.74 Å². The minimum Gasteiger partial charge on any atom is -0.386 e. The predicted molar refractivity (Wildman–Crippen MR) is 102 cm³/mol. The van der Waals surface area contributed by atoms with Crippen molar-refractivity contribution in [3.63, 3.8) is 0 Å². The van der Waals surface area contributed by atoms with Crippen LogP contribution in [0.4, 0.5) is 0 Å². The van der Waals surface area contributed by atoms with Crippen molar-refractivity contribution in [3.8, 4) is 0 Å². The van der Waals surface area contributed by atoms with Crippen LogP contribution in [-0.4, -0.2) is 11.9 Å².